The molecule has 0 unspecified atom stereocenters. The highest BCUT2D eigenvalue weighted by Gasteiger charge is 2.38. The van der Waals surface area contributed by atoms with E-state index < -0.39 is 47.0 Å². The Balaban J connectivity index is 0.970. The minimum atomic E-state index is -4.99. The lowest BCUT2D eigenvalue weighted by molar-refractivity contribution is -0.144. The van der Waals surface area contributed by atoms with Crippen LogP contribution < -0.4 is 0 Å². The maximum Gasteiger partial charge on any atom is 0.416 e. The van der Waals surface area contributed by atoms with Gasteiger partial charge in [-0.2, -0.15) is 52.7 Å². The first-order valence-electron chi connectivity index (χ1n) is 19.4. The summed E-state index contributed by atoms with van der Waals surface area (Å²) < 4.78 is 164. The number of nitrogens with zero attached hydrogens (tertiary/aromatic N) is 2. The summed E-state index contributed by atoms with van der Waals surface area (Å²) in [6, 6.07) is 35.8. The van der Waals surface area contributed by atoms with Crippen LogP contribution in [0.25, 0.3) is 87.2 Å². The summed E-state index contributed by atoms with van der Waals surface area (Å²) in [5.41, 5.74) is -0.0443. The molecule has 2 nitrogen and oxygen atoms in total. The molecule has 0 N–H and O–H groups in total. The van der Waals surface area contributed by atoms with Gasteiger partial charge in [0, 0.05) is 54.8 Å². The van der Waals surface area contributed by atoms with E-state index in [0.717, 1.165) is 53.6 Å². The number of hydrogen-bond donors (Lipinski definition) is 0. The fraction of sp³-hybridized carbons (Fsp3) is 0.0800. The lowest BCUT2D eigenvalue weighted by Gasteiger charge is -2.14. The van der Waals surface area contributed by atoms with Crippen molar-refractivity contribution < 1.29 is 52.7 Å². The number of thiophene rings is 1. The van der Waals surface area contributed by atoms with Crippen LogP contribution >= 0.6 is 11.3 Å². The van der Waals surface area contributed by atoms with Gasteiger partial charge in [-0.15, -0.1) is 11.3 Å². The Bertz CT molecular complexity index is 2940. The number of halogens is 12. The molecular weight excluding hydrogens is 889 g/mol. The van der Waals surface area contributed by atoms with E-state index in [2.05, 4.69) is 9.97 Å². The van der Waals surface area contributed by atoms with E-state index in [0.29, 0.717) is 35.4 Å². The number of hydrogen-bond acceptors (Lipinski definition) is 3. The molecule has 0 amide bonds. The Morgan fingerprint density at radius 2 is 0.615 bits per heavy atom. The molecule has 0 spiro atoms. The topological polar surface area (TPSA) is 25.8 Å². The second kappa shape index (κ2) is 15.9. The zero-order valence-corrected chi connectivity index (χ0v) is 33.7. The normalized spacial score (nSPS) is 12.6. The number of rotatable bonds is 6. The molecule has 0 atom stereocenters. The predicted molar refractivity (Wildman–Crippen MR) is 228 cm³/mol. The van der Waals surface area contributed by atoms with Gasteiger partial charge in [-0.25, -0.2) is 0 Å². The van der Waals surface area contributed by atoms with Gasteiger partial charge in [0.2, 0.25) is 0 Å². The van der Waals surface area contributed by atoms with E-state index in [1.165, 1.54) is 24.5 Å². The average Bonchev–Trinajstić information content (AvgIpc) is 3.67. The van der Waals surface area contributed by atoms with E-state index in [1.54, 1.807) is 23.5 Å². The van der Waals surface area contributed by atoms with Crippen molar-refractivity contribution >= 4 is 31.5 Å². The van der Waals surface area contributed by atoms with Crippen molar-refractivity contribution in [1.82, 2.24) is 9.97 Å². The molecule has 0 saturated carbocycles. The van der Waals surface area contributed by atoms with Gasteiger partial charge in [0.1, 0.15) is 0 Å². The number of aromatic nitrogens is 2. The highest BCUT2D eigenvalue weighted by Crippen LogP contribution is 2.45. The number of benzene rings is 6. The van der Waals surface area contributed by atoms with E-state index in [9.17, 15) is 52.7 Å². The zero-order chi connectivity index (χ0) is 46.1. The third-order valence-corrected chi connectivity index (χ3v) is 12.2. The molecule has 0 aliphatic rings. The Hall–Kier alpha value is -7.00. The van der Waals surface area contributed by atoms with Crippen LogP contribution in [0.3, 0.4) is 0 Å². The smallest absolute Gasteiger partial charge is 0.256 e. The molecule has 3 aromatic heterocycles. The summed E-state index contributed by atoms with van der Waals surface area (Å²) >= 11 is 1.61. The Kier molecular flexibility index (Phi) is 10.6. The van der Waals surface area contributed by atoms with Gasteiger partial charge in [0.25, 0.3) is 0 Å². The molecule has 65 heavy (non-hydrogen) atoms. The minimum Gasteiger partial charge on any atom is -0.256 e. The van der Waals surface area contributed by atoms with Crippen LogP contribution in [-0.4, -0.2) is 9.97 Å². The maximum atomic E-state index is 13.5. The second-order valence-corrected chi connectivity index (χ2v) is 16.1. The highest BCUT2D eigenvalue weighted by atomic mass is 32.1. The van der Waals surface area contributed by atoms with Crippen LogP contribution in [-0.2, 0) is 24.7 Å². The van der Waals surface area contributed by atoms with Crippen LogP contribution in [0.2, 0.25) is 0 Å². The first kappa shape index (κ1) is 43.3. The Morgan fingerprint density at radius 1 is 0.308 bits per heavy atom. The minimum absolute atomic E-state index is 0.0492. The van der Waals surface area contributed by atoms with Crippen LogP contribution in [0.15, 0.2) is 158 Å². The van der Waals surface area contributed by atoms with Crippen molar-refractivity contribution in [1.29, 1.82) is 0 Å². The van der Waals surface area contributed by atoms with Gasteiger partial charge in [0.05, 0.1) is 33.6 Å². The SMILES string of the molecule is FC(F)(F)c1cc(-c2ccc(-c3ccc(-c4cccc5c4sc4c(-c6ccc(-c7ccc(-c8cc(C(F)(F)F)cc(C(F)(F)F)c8)nc7)cc6)cccc45)cc3)cn2)cc(C(F)(F)F)c1. The standard InChI is InChI=1S/C50H26F12N2S/c51-47(52,53)35-19-33(20-36(23-35)48(54,55)56)43-17-15-31(25-63-43)27-7-11-29(12-8-27)39-3-1-5-41-42-6-2-4-40(46(42)65-45(39)41)30-13-9-28(10-14-30)32-16-18-44(64-26-32)34-21-37(49(57,58)59)24-38(22-34)50(60,61)62/h1-26H. The molecule has 0 saturated heterocycles. The van der Waals surface area contributed by atoms with Gasteiger partial charge in [-0.05, 0) is 81.9 Å². The Morgan fingerprint density at radius 3 is 0.908 bits per heavy atom. The van der Waals surface area contributed by atoms with E-state index in [4.69, 9.17) is 0 Å². The molecule has 6 aromatic carbocycles. The van der Waals surface area contributed by atoms with Crippen molar-refractivity contribution in [2.24, 2.45) is 0 Å². The molecule has 0 aliphatic heterocycles. The lowest BCUT2D eigenvalue weighted by Crippen LogP contribution is -2.11. The second-order valence-electron chi connectivity index (χ2n) is 15.1. The van der Waals surface area contributed by atoms with Crippen molar-refractivity contribution in [3.8, 4) is 67.0 Å². The summed E-state index contributed by atoms with van der Waals surface area (Å²) in [4.78, 5) is 8.42. The van der Waals surface area contributed by atoms with Crippen LogP contribution in [0.5, 0.6) is 0 Å². The average molecular weight is 915 g/mol. The summed E-state index contributed by atoms with van der Waals surface area (Å²) in [5, 5.41) is 2.06. The molecular formula is C50H26F12N2S. The van der Waals surface area contributed by atoms with E-state index in [1.807, 2.05) is 84.9 Å². The highest BCUT2D eigenvalue weighted by molar-refractivity contribution is 7.26. The van der Waals surface area contributed by atoms with E-state index in [-0.39, 0.29) is 34.6 Å². The first-order valence-corrected chi connectivity index (χ1v) is 20.2. The maximum absolute atomic E-state index is 13.5. The van der Waals surface area contributed by atoms with Gasteiger partial charge >= 0.3 is 24.7 Å². The summed E-state index contributed by atoms with van der Waals surface area (Å²) in [5.74, 6) is 0. The van der Waals surface area contributed by atoms with Crippen LogP contribution in [0, 0.1) is 0 Å². The molecule has 9 rings (SSSR count). The molecule has 0 fully saturated rings. The largest absolute Gasteiger partial charge is 0.416 e. The predicted octanol–water partition coefficient (Wildman–Crippen LogP) is 16.9. The molecule has 0 bridgehead atoms. The van der Waals surface area contributed by atoms with Gasteiger partial charge in [-0.3, -0.25) is 9.97 Å². The van der Waals surface area contributed by atoms with Crippen LogP contribution in [0.4, 0.5) is 52.7 Å². The van der Waals surface area contributed by atoms with Gasteiger partial charge in [0.15, 0.2) is 0 Å². The zero-order valence-electron chi connectivity index (χ0n) is 32.8. The molecule has 0 aliphatic carbocycles. The fourth-order valence-corrected chi connectivity index (χ4v) is 9.01. The van der Waals surface area contributed by atoms with Crippen molar-refractivity contribution in [2.75, 3.05) is 0 Å². The lowest BCUT2D eigenvalue weighted by atomic mass is 9.97. The van der Waals surface area contributed by atoms with E-state index >= 15 is 0 Å². The molecule has 326 valence electrons. The van der Waals surface area contributed by atoms with Crippen molar-refractivity contribution in [3.63, 3.8) is 0 Å². The summed E-state index contributed by atoms with van der Waals surface area (Å²) in [7, 11) is 0. The number of alkyl halides is 12. The fourth-order valence-electron chi connectivity index (χ4n) is 7.64. The summed E-state index contributed by atoms with van der Waals surface area (Å²) in [6.07, 6.45) is -17.1. The third-order valence-electron chi connectivity index (χ3n) is 10.9. The monoisotopic (exact) mass is 914 g/mol. The van der Waals surface area contributed by atoms with Crippen molar-refractivity contribution in [3.05, 3.63) is 180 Å². The summed E-state index contributed by atoms with van der Waals surface area (Å²) in [6.45, 7) is 0. The number of fused-ring (bicyclic) bond motifs is 3. The van der Waals surface area contributed by atoms with Gasteiger partial charge < -0.3 is 0 Å². The quantitative estimate of drug-likeness (QED) is 0.155. The molecule has 0 radical (unpaired) electrons. The third kappa shape index (κ3) is 8.67. The molecule has 3 heterocycles. The number of pyridine rings is 2. The van der Waals surface area contributed by atoms with Crippen molar-refractivity contribution in [2.45, 2.75) is 24.7 Å². The molecule has 15 heteroatoms. The van der Waals surface area contributed by atoms with Crippen LogP contribution in [0.1, 0.15) is 22.3 Å². The Labute approximate surface area is 365 Å². The van der Waals surface area contributed by atoms with Gasteiger partial charge in [-0.1, -0.05) is 97.1 Å². The molecule has 9 aromatic rings. The first-order chi connectivity index (χ1) is 30.7.